The van der Waals surface area contributed by atoms with Crippen molar-refractivity contribution in [3.8, 4) is 0 Å². The van der Waals surface area contributed by atoms with Crippen molar-refractivity contribution in [3.05, 3.63) is 42.5 Å². The van der Waals surface area contributed by atoms with Gasteiger partial charge in [-0.1, -0.05) is 32.0 Å². The fourth-order valence-electron chi connectivity index (χ4n) is 2.04. The molecule has 3 N–H and O–H groups in total. The highest BCUT2D eigenvalue weighted by Crippen LogP contribution is 2.18. The second kappa shape index (κ2) is 8.17. The van der Waals surface area contributed by atoms with Gasteiger partial charge in [0.25, 0.3) is 0 Å². The fraction of sp³-hybridized carbons (Fsp3) is 0.467. The van der Waals surface area contributed by atoms with Crippen molar-refractivity contribution in [2.45, 2.75) is 37.8 Å². The Labute approximate surface area is 130 Å². The Bertz CT molecular complexity index is 526. The van der Waals surface area contributed by atoms with Crippen LogP contribution in [0.4, 0.5) is 0 Å². The molecule has 2 rings (SSSR count). The molecule has 0 saturated heterocycles. The van der Waals surface area contributed by atoms with Gasteiger partial charge in [-0.25, -0.2) is 9.67 Å². The lowest BCUT2D eigenvalue weighted by atomic mass is 10.2. The molecule has 0 aliphatic heterocycles. The highest BCUT2D eigenvalue weighted by Gasteiger charge is 2.13. The summed E-state index contributed by atoms with van der Waals surface area (Å²) in [5, 5.41) is 4.29. The van der Waals surface area contributed by atoms with Crippen molar-refractivity contribution in [1.82, 2.24) is 20.2 Å². The molecule has 1 aromatic heterocycles. The molecule has 0 fully saturated rings. The molecule has 0 saturated carbocycles. The molecular formula is C15H23N5S. The number of benzene rings is 1. The summed E-state index contributed by atoms with van der Waals surface area (Å²) in [7, 11) is 0. The van der Waals surface area contributed by atoms with E-state index in [2.05, 4.69) is 41.5 Å². The molecule has 1 heterocycles. The van der Waals surface area contributed by atoms with Crippen LogP contribution in [0.15, 0.2) is 41.6 Å². The quantitative estimate of drug-likeness (QED) is 0.444. The molecule has 1 aromatic carbocycles. The molecule has 0 aliphatic rings. The van der Waals surface area contributed by atoms with Gasteiger partial charge in [-0.2, -0.15) is 5.10 Å². The number of thioether (sulfide) groups is 1. The molecule has 1 unspecified atom stereocenters. The van der Waals surface area contributed by atoms with Crippen molar-refractivity contribution in [3.63, 3.8) is 0 Å². The van der Waals surface area contributed by atoms with Crippen LogP contribution >= 0.6 is 11.8 Å². The molecule has 2 aromatic rings. The van der Waals surface area contributed by atoms with Gasteiger partial charge in [-0.15, -0.1) is 11.8 Å². The number of nitrogens with zero attached hydrogens (tertiary/aromatic N) is 3. The zero-order valence-electron chi connectivity index (χ0n) is 12.6. The van der Waals surface area contributed by atoms with Gasteiger partial charge in [0.1, 0.15) is 12.2 Å². The Morgan fingerprint density at radius 3 is 2.71 bits per heavy atom. The summed E-state index contributed by atoms with van der Waals surface area (Å²) >= 11 is 1.79. The first kappa shape index (κ1) is 16.0. The Morgan fingerprint density at radius 1 is 1.29 bits per heavy atom. The summed E-state index contributed by atoms with van der Waals surface area (Å²) in [5.41, 5.74) is 2.89. The number of nitrogens with one attached hydrogen (secondary N) is 1. The van der Waals surface area contributed by atoms with Crippen molar-refractivity contribution < 1.29 is 0 Å². The maximum absolute atomic E-state index is 5.68. The van der Waals surface area contributed by atoms with E-state index < -0.39 is 0 Å². The Kier molecular flexibility index (Phi) is 6.22. The number of hydrogen-bond donors (Lipinski definition) is 2. The standard InChI is InChI=1S/C15H23N5S/c1-12(2)9-20-15(17-11-18-20)8-13(19-16)10-21-14-6-4-3-5-7-14/h3-7,11-13,19H,8-10,16H2,1-2H3. The van der Waals surface area contributed by atoms with Gasteiger partial charge in [0.05, 0.1) is 0 Å². The molecular weight excluding hydrogens is 282 g/mol. The van der Waals surface area contributed by atoms with E-state index in [1.807, 2.05) is 22.9 Å². The van der Waals surface area contributed by atoms with Gasteiger partial charge in [0, 0.05) is 29.7 Å². The number of hydrazine groups is 1. The molecule has 21 heavy (non-hydrogen) atoms. The molecule has 6 heteroatoms. The summed E-state index contributed by atoms with van der Waals surface area (Å²) in [4.78, 5) is 5.61. The lowest BCUT2D eigenvalue weighted by Gasteiger charge is -2.16. The highest BCUT2D eigenvalue weighted by atomic mass is 32.2. The predicted octanol–water partition coefficient (Wildman–Crippen LogP) is 2.10. The topological polar surface area (TPSA) is 68.8 Å². The van der Waals surface area contributed by atoms with Crippen LogP contribution in [-0.4, -0.2) is 26.6 Å². The van der Waals surface area contributed by atoms with Crippen molar-refractivity contribution >= 4 is 11.8 Å². The average molecular weight is 305 g/mol. The number of aromatic nitrogens is 3. The first-order valence-corrected chi connectivity index (χ1v) is 8.18. The minimum Gasteiger partial charge on any atom is -0.271 e. The molecule has 0 amide bonds. The molecule has 0 spiro atoms. The predicted molar refractivity (Wildman–Crippen MR) is 86.8 cm³/mol. The monoisotopic (exact) mass is 305 g/mol. The Morgan fingerprint density at radius 2 is 2.05 bits per heavy atom. The van der Waals surface area contributed by atoms with E-state index in [1.165, 1.54) is 4.90 Å². The normalized spacial score (nSPS) is 12.8. The van der Waals surface area contributed by atoms with Crippen LogP contribution in [0, 0.1) is 5.92 Å². The first-order valence-electron chi connectivity index (χ1n) is 7.19. The number of nitrogens with two attached hydrogens (primary N) is 1. The fourth-order valence-corrected chi connectivity index (χ4v) is 3.00. The minimum absolute atomic E-state index is 0.172. The molecule has 0 radical (unpaired) electrons. The van der Waals surface area contributed by atoms with Gasteiger partial charge in [-0.05, 0) is 18.1 Å². The van der Waals surface area contributed by atoms with Crippen molar-refractivity contribution in [1.29, 1.82) is 0 Å². The molecule has 5 nitrogen and oxygen atoms in total. The zero-order valence-corrected chi connectivity index (χ0v) is 13.4. The SMILES string of the molecule is CC(C)Cn1ncnc1CC(CSc1ccccc1)NN. The van der Waals surface area contributed by atoms with Crippen LogP contribution < -0.4 is 11.3 Å². The summed E-state index contributed by atoms with van der Waals surface area (Å²) in [5.74, 6) is 8.12. The number of rotatable bonds is 8. The first-order chi connectivity index (χ1) is 10.2. The highest BCUT2D eigenvalue weighted by molar-refractivity contribution is 7.99. The lowest BCUT2D eigenvalue weighted by Crippen LogP contribution is -2.39. The maximum Gasteiger partial charge on any atom is 0.138 e. The second-order valence-electron chi connectivity index (χ2n) is 5.44. The Hall–Kier alpha value is -1.37. The van der Waals surface area contributed by atoms with E-state index in [1.54, 1.807) is 18.1 Å². The van der Waals surface area contributed by atoms with Crippen LogP contribution in [0.2, 0.25) is 0 Å². The summed E-state index contributed by atoms with van der Waals surface area (Å²) in [6.07, 6.45) is 2.40. The van der Waals surface area contributed by atoms with Crippen LogP contribution in [0.1, 0.15) is 19.7 Å². The van der Waals surface area contributed by atoms with E-state index in [0.717, 1.165) is 24.5 Å². The van der Waals surface area contributed by atoms with Crippen LogP contribution in [0.5, 0.6) is 0 Å². The van der Waals surface area contributed by atoms with E-state index in [0.29, 0.717) is 5.92 Å². The van der Waals surface area contributed by atoms with Gasteiger partial charge in [-0.3, -0.25) is 11.3 Å². The molecule has 0 bridgehead atoms. The maximum atomic E-state index is 5.68. The van der Waals surface area contributed by atoms with E-state index in [9.17, 15) is 0 Å². The molecule has 0 aliphatic carbocycles. The van der Waals surface area contributed by atoms with Crippen LogP contribution in [-0.2, 0) is 13.0 Å². The van der Waals surface area contributed by atoms with Gasteiger partial charge < -0.3 is 0 Å². The van der Waals surface area contributed by atoms with Gasteiger partial charge in [0.2, 0.25) is 0 Å². The lowest BCUT2D eigenvalue weighted by molar-refractivity contribution is 0.451. The van der Waals surface area contributed by atoms with E-state index in [-0.39, 0.29) is 6.04 Å². The Balaban J connectivity index is 1.91. The van der Waals surface area contributed by atoms with Crippen molar-refractivity contribution in [2.75, 3.05) is 5.75 Å². The van der Waals surface area contributed by atoms with Gasteiger partial charge in [0.15, 0.2) is 0 Å². The summed E-state index contributed by atoms with van der Waals surface area (Å²) in [6, 6.07) is 10.5. The van der Waals surface area contributed by atoms with Crippen LogP contribution in [0.25, 0.3) is 0 Å². The van der Waals surface area contributed by atoms with E-state index >= 15 is 0 Å². The van der Waals surface area contributed by atoms with Crippen LogP contribution in [0.3, 0.4) is 0 Å². The third-order valence-electron chi connectivity index (χ3n) is 3.09. The third-order valence-corrected chi connectivity index (χ3v) is 4.27. The number of hydrogen-bond acceptors (Lipinski definition) is 5. The third kappa shape index (κ3) is 5.15. The summed E-state index contributed by atoms with van der Waals surface area (Å²) < 4.78 is 1.97. The smallest absolute Gasteiger partial charge is 0.138 e. The zero-order chi connectivity index (χ0) is 15.1. The average Bonchev–Trinajstić information content (AvgIpc) is 2.90. The summed E-state index contributed by atoms with van der Waals surface area (Å²) in [6.45, 7) is 5.24. The minimum atomic E-state index is 0.172. The van der Waals surface area contributed by atoms with Crippen molar-refractivity contribution in [2.24, 2.45) is 11.8 Å². The second-order valence-corrected chi connectivity index (χ2v) is 6.54. The largest absolute Gasteiger partial charge is 0.271 e. The van der Waals surface area contributed by atoms with Gasteiger partial charge >= 0.3 is 0 Å². The van der Waals surface area contributed by atoms with E-state index in [4.69, 9.17) is 5.84 Å². The molecule has 114 valence electrons. The molecule has 1 atom stereocenters.